The van der Waals surface area contributed by atoms with Gasteiger partial charge in [0.25, 0.3) is 0 Å². The van der Waals surface area contributed by atoms with Gasteiger partial charge in [0.15, 0.2) is 0 Å². The monoisotopic (exact) mass is 207 g/mol. The first-order valence-electron chi connectivity index (χ1n) is 5.66. The van der Waals surface area contributed by atoms with Crippen molar-refractivity contribution in [1.29, 1.82) is 0 Å². The third kappa shape index (κ3) is 3.51. The van der Waals surface area contributed by atoms with Crippen LogP contribution in [0.15, 0.2) is 18.3 Å². The van der Waals surface area contributed by atoms with Crippen LogP contribution in [0.25, 0.3) is 0 Å². The zero-order valence-electron chi connectivity index (χ0n) is 9.95. The summed E-state index contributed by atoms with van der Waals surface area (Å²) in [6.45, 7) is 7.39. The van der Waals surface area contributed by atoms with E-state index in [0.717, 1.165) is 25.3 Å². The van der Waals surface area contributed by atoms with Gasteiger partial charge in [-0.3, -0.25) is 4.98 Å². The van der Waals surface area contributed by atoms with Crippen LogP contribution in [-0.2, 0) is 6.54 Å². The summed E-state index contributed by atoms with van der Waals surface area (Å²) in [7, 11) is 1.94. The maximum absolute atomic E-state index is 4.32. The molecule has 1 aromatic rings. The van der Waals surface area contributed by atoms with Crippen molar-refractivity contribution in [3.63, 3.8) is 0 Å². The van der Waals surface area contributed by atoms with Gasteiger partial charge in [0.1, 0.15) is 0 Å². The molecule has 0 aromatic carbocycles. The largest absolute Gasteiger partial charge is 0.372 e. The molecule has 1 N–H and O–H groups in total. The molecule has 0 atom stereocenters. The average Bonchev–Trinajstić information content (AvgIpc) is 2.27. The fraction of sp³-hybridized carbons (Fsp3) is 0.583. The smallest absolute Gasteiger partial charge is 0.0562 e. The molecule has 1 heterocycles. The van der Waals surface area contributed by atoms with Gasteiger partial charge in [-0.05, 0) is 32.5 Å². The van der Waals surface area contributed by atoms with Crippen molar-refractivity contribution < 1.29 is 0 Å². The molecular formula is C12H21N3. The van der Waals surface area contributed by atoms with Crippen molar-refractivity contribution >= 4 is 5.69 Å². The van der Waals surface area contributed by atoms with Gasteiger partial charge in [-0.25, -0.2) is 0 Å². The zero-order valence-corrected chi connectivity index (χ0v) is 9.95. The first-order chi connectivity index (χ1) is 7.31. The van der Waals surface area contributed by atoms with E-state index in [1.807, 2.05) is 13.2 Å². The Hall–Kier alpha value is -1.09. The summed E-state index contributed by atoms with van der Waals surface area (Å²) in [6.07, 6.45) is 3.07. The van der Waals surface area contributed by atoms with Gasteiger partial charge in [0.05, 0.1) is 5.69 Å². The van der Waals surface area contributed by atoms with Crippen LogP contribution in [0.4, 0.5) is 5.69 Å². The van der Waals surface area contributed by atoms with E-state index in [4.69, 9.17) is 0 Å². The normalized spacial score (nSPS) is 10.3. The maximum Gasteiger partial charge on any atom is 0.0562 e. The second-order valence-electron chi connectivity index (χ2n) is 3.62. The molecule has 0 saturated heterocycles. The van der Waals surface area contributed by atoms with Crippen LogP contribution < -0.4 is 10.2 Å². The molecule has 0 aliphatic heterocycles. The number of hydrogen-bond donors (Lipinski definition) is 1. The summed E-state index contributed by atoms with van der Waals surface area (Å²) < 4.78 is 0. The van der Waals surface area contributed by atoms with E-state index < -0.39 is 0 Å². The number of rotatable bonds is 6. The minimum atomic E-state index is 0.831. The molecule has 0 spiro atoms. The molecule has 0 saturated carbocycles. The van der Waals surface area contributed by atoms with Crippen molar-refractivity contribution in [2.24, 2.45) is 0 Å². The molecule has 0 unspecified atom stereocenters. The Bertz CT molecular complexity index is 286. The molecule has 1 rings (SSSR count). The van der Waals surface area contributed by atoms with Gasteiger partial charge in [-0.15, -0.1) is 0 Å². The predicted molar refractivity (Wildman–Crippen MR) is 65.2 cm³/mol. The first-order valence-corrected chi connectivity index (χ1v) is 5.66. The molecule has 0 aliphatic carbocycles. The maximum atomic E-state index is 4.32. The number of hydrogen-bond acceptors (Lipinski definition) is 3. The molecule has 1 aromatic heterocycles. The number of nitrogens with one attached hydrogen (secondary N) is 1. The lowest BCUT2D eigenvalue weighted by atomic mass is 10.2. The molecule has 0 radical (unpaired) electrons. The SMILES string of the molecule is CCCN(CC)c1ccnc(CNC)c1. The molecule has 0 amide bonds. The molecule has 0 bridgehead atoms. The molecule has 15 heavy (non-hydrogen) atoms. The Morgan fingerprint density at radius 3 is 2.80 bits per heavy atom. The number of anilines is 1. The quantitative estimate of drug-likeness (QED) is 0.773. The van der Waals surface area contributed by atoms with Gasteiger partial charge < -0.3 is 10.2 Å². The van der Waals surface area contributed by atoms with E-state index in [-0.39, 0.29) is 0 Å². The fourth-order valence-electron chi connectivity index (χ4n) is 1.68. The molecule has 84 valence electrons. The molecule has 0 aliphatic rings. The Balaban J connectivity index is 2.77. The molecule has 3 nitrogen and oxygen atoms in total. The minimum Gasteiger partial charge on any atom is -0.372 e. The summed E-state index contributed by atoms with van der Waals surface area (Å²) in [5.41, 5.74) is 2.38. The van der Waals surface area contributed by atoms with Crippen LogP contribution in [0, 0.1) is 0 Å². The van der Waals surface area contributed by atoms with Crippen LogP contribution in [-0.4, -0.2) is 25.1 Å². The third-order valence-electron chi connectivity index (χ3n) is 2.40. The van der Waals surface area contributed by atoms with Gasteiger partial charge in [0, 0.05) is 31.5 Å². The van der Waals surface area contributed by atoms with E-state index >= 15 is 0 Å². The summed E-state index contributed by atoms with van der Waals surface area (Å²) >= 11 is 0. The van der Waals surface area contributed by atoms with Crippen LogP contribution in [0.5, 0.6) is 0 Å². The zero-order chi connectivity index (χ0) is 11.1. The molecule has 0 fully saturated rings. The second kappa shape index (κ2) is 6.40. The Morgan fingerprint density at radius 2 is 2.20 bits per heavy atom. The van der Waals surface area contributed by atoms with Crippen LogP contribution in [0.3, 0.4) is 0 Å². The van der Waals surface area contributed by atoms with Gasteiger partial charge >= 0.3 is 0 Å². The van der Waals surface area contributed by atoms with Crippen molar-refractivity contribution in [2.45, 2.75) is 26.8 Å². The lowest BCUT2D eigenvalue weighted by Gasteiger charge is -2.22. The van der Waals surface area contributed by atoms with E-state index in [2.05, 4.69) is 41.2 Å². The molecule has 3 heteroatoms. The minimum absolute atomic E-state index is 0.831. The Labute approximate surface area is 92.5 Å². The van der Waals surface area contributed by atoms with Crippen molar-refractivity contribution in [3.8, 4) is 0 Å². The Morgan fingerprint density at radius 1 is 1.40 bits per heavy atom. The van der Waals surface area contributed by atoms with Crippen LogP contribution in [0.2, 0.25) is 0 Å². The summed E-state index contributed by atoms with van der Waals surface area (Å²) in [5, 5.41) is 3.12. The third-order valence-corrected chi connectivity index (χ3v) is 2.40. The van der Waals surface area contributed by atoms with E-state index in [1.165, 1.54) is 12.1 Å². The van der Waals surface area contributed by atoms with E-state index in [0.29, 0.717) is 0 Å². The highest BCUT2D eigenvalue weighted by Gasteiger charge is 2.03. The van der Waals surface area contributed by atoms with Gasteiger partial charge in [0.2, 0.25) is 0 Å². The van der Waals surface area contributed by atoms with Gasteiger partial charge in [-0.2, -0.15) is 0 Å². The Kier molecular flexibility index (Phi) is 5.12. The van der Waals surface area contributed by atoms with E-state index in [1.54, 1.807) is 0 Å². The lowest BCUT2D eigenvalue weighted by Crippen LogP contribution is -2.23. The van der Waals surface area contributed by atoms with Crippen molar-refractivity contribution in [3.05, 3.63) is 24.0 Å². The average molecular weight is 207 g/mol. The van der Waals surface area contributed by atoms with Crippen molar-refractivity contribution in [1.82, 2.24) is 10.3 Å². The first kappa shape index (κ1) is 12.0. The summed E-state index contributed by atoms with van der Waals surface area (Å²) in [5.74, 6) is 0. The lowest BCUT2D eigenvalue weighted by molar-refractivity contribution is 0.773. The summed E-state index contributed by atoms with van der Waals surface area (Å²) in [6, 6.07) is 4.24. The van der Waals surface area contributed by atoms with Gasteiger partial charge in [-0.1, -0.05) is 6.92 Å². The second-order valence-corrected chi connectivity index (χ2v) is 3.62. The molecular weight excluding hydrogens is 186 g/mol. The van der Waals surface area contributed by atoms with Crippen molar-refractivity contribution in [2.75, 3.05) is 25.0 Å². The topological polar surface area (TPSA) is 28.2 Å². The highest BCUT2D eigenvalue weighted by atomic mass is 15.1. The highest BCUT2D eigenvalue weighted by molar-refractivity contribution is 5.46. The predicted octanol–water partition coefficient (Wildman–Crippen LogP) is 2.04. The fourth-order valence-corrected chi connectivity index (χ4v) is 1.68. The highest BCUT2D eigenvalue weighted by Crippen LogP contribution is 2.14. The summed E-state index contributed by atoms with van der Waals surface area (Å²) in [4.78, 5) is 6.69. The van der Waals surface area contributed by atoms with Crippen LogP contribution >= 0.6 is 0 Å². The van der Waals surface area contributed by atoms with E-state index in [9.17, 15) is 0 Å². The number of pyridine rings is 1. The standard InChI is InChI=1S/C12H21N3/c1-4-8-15(5-2)12-6-7-14-11(9-12)10-13-3/h6-7,9,13H,4-5,8,10H2,1-3H3. The number of aromatic nitrogens is 1. The van der Waals surface area contributed by atoms with Crippen LogP contribution in [0.1, 0.15) is 26.0 Å². The number of nitrogens with zero attached hydrogens (tertiary/aromatic N) is 2.